The van der Waals surface area contributed by atoms with Crippen molar-refractivity contribution in [1.82, 2.24) is 29.6 Å². The molecule has 2 amide bonds. The van der Waals surface area contributed by atoms with E-state index in [-0.39, 0.29) is 23.7 Å². The van der Waals surface area contributed by atoms with E-state index >= 15 is 0 Å². The van der Waals surface area contributed by atoms with Gasteiger partial charge in [-0.25, -0.2) is 4.79 Å². The molecular formula is C44H53N7O3. The van der Waals surface area contributed by atoms with Gasteiger partial charge in [-0.2, -0.15) is 0 Å². The van der Waals surface area contributed by atoms with Crippen molar-refractivity contribution in [3.05, 3.63) is 119 Å². The van der Waals surface area contributed by atoms with Gasteiger partial charge >= 0.3 is 6.03 Å². The normalized spacial score (nSPS) is 18.4. The van der Waals surface area contributed by atoms with Crippen LogP contribution < -0.4 is 20.9 Å². The summed E-state index contributed by atoms with van der Waals surface area (Å²) in [5.74, 6) is 1.19. The van der Waals surface area contributed by atoms with E-state index in [1.807, 2.05) is 35.2 Å². The lowest BCUT2D eigenvalue weighted by Crippen LogP contribution is -2.51. The number of benzene rings is 2. The Morgan fingerprint density at radius 2 is 1.69 bits per heavy atom. The van der Waals surface area contributed by atoms with Crippen molar-refractivity contribution in [2.75, 3.05) is 45.7 Å². The minimum absolute atomic E-state index is 0.0748. The molecule has 10 heteroatoms. The largest absolute Gasteiger partial charge is 0.496 e. The van der Waals surface area contributed by atoms with E-state index in [0.29, 0.717) is 11.3 Å². The van der Waals surface area contributed by atoms with Gasteiger partial charge < -0.3 is 34.6 Å². The predicted octanol–water partition coefficient (Wildman–Crippen LogP) is 7.48. The number of carbonyl (C=O) groups excluding carboxylic acids is 1. The molecule has 0 aliphatic carbocycles. The maximum absolute atomic E-state index is 13.7. The summed E-state index contributed by atoms with van der Waals surface area (Å²) in [5.41, 5.74) is 9.22. The number of aryl methyl sites for hydroxylation is 2. The number of pyridine rings is 2. The topological polar surface area (TPSA) is 95.0 Å². The third-order valence-corrected chi connectivity index (χ3v) is 11.8. The first-order valence-electron chi connectivity index (χ1n) is 19.1. The highest BCUT2D eigenvalue weighted by atomic mass is 16.5. The molecule has 2 N–H and O–H groups in total. The summed E-state index contributed by atoms with van der Waals surface area (Å²) in [4.78, 5) is 37.0. The second-order valence-electron chi connectivity index (χ2n) is 15.2. The molecule has 3 saturated heterocycles. The lowest BCUT2D eigenvalue weighted by Gasteiger charge is -2.41. The van der Waals surface area contributed by atoms with Crippen LogP contribution >= 0.6 is 0 Å². The van der Waals surface area contributed by atoms with Crippen LogP contribution in [0, 0.1) is 6.92 Å². The number of methoxy groups -OCH3 is 1. The molecule has 10 nitrogen and oxygen atoms in total. The van der Waals surface area contributed by atoms with Gasteiger partial charge in [0.15, 0.2) is 0 Å². The van der Waals surface area contributed by atoms with E-state index in [9.17, 15) is 9.59 Å². The number of hydrogen-bond donors (Lipinski definition) is 2. The number of allylic oxidation sites excluding steroid dienone is 1. The second-order valence-corrected chi connectivity index (χ2v) is 15.2. The Labute approximate surface area is 318 Å². The van der Waals surface area contributed by atoms with Crippen LogP contribution in [-0.4, -0.2) is 82.7 Å². The molecule has 0 bridgehead atoms. The average Bonchev–Trinajstić information content (AvgIpc) is 3.19. The molecule has 1 unspecified atom stereocenters. The van der Waals surface area contributed by atoms with Crippen molar-refractivity contribution in [2.24, 2.45) is 7.05 Å². The highest BCUT2D eigenvalue weighted by molar-refractivity contribution is 5.96. The van der Waals surface area contributed by atoms with Crippen LogP contribution in [0.4, 0.5) is 10.5 Å². The molecule has 3 aliphatic rings. The quantitative estimate of drug-likeness (QED) is 0.195. The van der Waals surface area contributed by atoms with E-state index in [0.717, 1.165) is 121 Å². The monoisotopic (exact) mass is 727 g/mol. The Balaban J connectivity index is 0.933. The van der Waals surface area contributed by atoms with Crippen molar-refractivity contribution in [1.29, 1.82) is 0 Å². The van der Waals surface area contributed by atoms with Gasteiger partial charge in [0, 0.05) is 98.8 Å². The smallest absolute Gasteiger partial charge is 0.319 e. The van der Waals surface area contributed by atoms with Crippen LogP contribution in [0.1, 0.15) is 61.1 Å². The third kappa shape index (κ3) is 7.34. The van der Waals surface area contributed by atoms with Crippen LogP contribution in [0.15, 0.2) is 97.0 Å². The van der Waals surface area contributed by atoms with Gasteiger partial charge in [-0.15, -0.1) is 0 Å². The summed E-state index contributed by atoms with van der Waals surface area (Å²) in [6.45, 7) is 17.9. The average molecular weight is 728 g/mol. The van der Waals surface area contributed by atoms with Gasteiger partial charge in [-0.1, -0.05) is 37.9 Å². The van der Waals surface area contributed by atoms with E-state index in [1.165, 1.54) is 5.56 Å². The Morgan fingerprint density at radius 3 is 2.37 bits per heavy atom. The van der Waals surface area contributed by atoms with Crippen molar-refractivity contribution in [2.45, 2.75) is 63.5 Å². The fourth-order valence-corrected chi connectivity index (χ4v) is 8.53. The summed E-state index contributed by atoms with van der Waals surface area (Å²) in [6, 6.07) is 15.4. The molecule has 0 saturated carbocycles. The Kier molecular flexibility index (Phi) is 10.5. The number of nitrogens with zero attached hydrogens (tertiary/aromatic N) is 5. The molecule has 0 spiro atoms. The standard InChI is InChI=1S/C44H53N7O3/c1-28-24-34(39-27-48(5)43(52)38-26-45-19-14-37(38)39)25-41(54-7)42(28)31(4)50-22-17-36(18-23-50)49(6)44(53)51-20-15-33(16-21-51)32-9-11-35(12-10-32)47-40-13-8-29(2)46-30(40)3/h9-12,14,19,24-27,33,36,40,46-47H,2-4,8,13,15-18,20-23H2,1,5-7H3. The van der Waals surface area contributed by atoms with Crippen molar-refractivity contribution >= 4 is 28.2 Å². The summed E-state index contributed by atoms with van der Waals surface area (Å²) >= 11 is 0. The molecule has 7 rings (SSSR count). The third-order valence-electron chi connectivity index (χ3n) is 11.8. The minimum Gasteiger partial charge on any atom is -0.496 e. The molecule has 2 aromatic carbocycles. The molecule has 282 valence electrons. The Morgan fingerprint density at radius 1 is 0.981 bits per heavy atom. The number of hydrogen-bond acceptors (Lipinski definition) is 7. The number of carbonyl (C=O) groups is 1. The second kappa shape index (κ2) is 15.5. The number of rotatable bonds is 8. The highest BCUT2D eigenvalue weighted by Crippen LogP contribution is 2.38. The number of aromatic nitrogens is 2. The van der Waals surface area contributed by atoms with Crippen molar-refractivity contribution < 1.29 is 9.53 Å². The van der Waals surface area contributed by atoms with Gasteiger partial charge in [0.1, 0.15) is 5.75 Å². The molecule has 3 aliphatic heterocycles. The zero-order chi connectivity index (χ0) is 38.1. The fourth-order valence-electron chi connectivity index (χ4n) is 8.53. The van der Waals surface area contributed by atoms with Gasteiger partial charge in [0.2, 0.25) is 0 Å². The first-order chi connectivity index (χ1) is 26.0. The number of fused-ring (bicyclic) bond motifs is 1. The summed E-state index contributed by atoms with van der Waals surface area (Å²) < 4.78 is 7.57. The lowest BCUT2D eigenvalue weighted by atomic mass is 9.89. The predicted molar refractivity (Wildman–Crippen MR) is 219 cm³/mol. The van der Waals surface area contributed by atoms with Gasteiger partial charge in [-0.05, 0) is 97.7 Å². The highest BCUT2D eigenvalue weighted by Gasteiger charge is 2.32. The number of anilines is 1. The fraction of sp³-hybridized carbons (Fsp3) is 0.386. The number of urea groups is 1. The van der Waals surface area contributed by atoms with E-state index in [4.69, 9.17) is 4.74 Å². The molecule has 5 heterocycles. The van der Waals surface area contributed by atoms with Crippen molar-refractivity contribution in [3.63, 3.8) is 0 Å². The molecular weight excluding hydrogens is 675 g/mol. The van der Waals surface area contributed by atoms with E-state index < -0.39 is 0 Å². The minimum atomic E-state index is -0.0748. The van der Waals surface area contributed by atoms with Crippen molar-refractivity contribution in [3.8, 4) is 16.9 Å². The first kappa shape index (κ1) is 36.8. The Hall–Kier alpha value is -5.51. The number of amides is 2. The molecule has 0 radical (unpaired) electrons. The zero-order valence-corrected chi connectivity index (χ0v) is 32.2. The molecule has 54 heavy (non-hydrogen) atoms. The lowest BCUT2D eigenvalue weighted by molar-refractivity contribution is 0.116. The van der Waals surface area contributed by atoms with E-state index in [1.54, 1.807) is 31.1 Å². The SMILES string of the molecule is C=C1CCC(Nc2ccc(C3CCN(C(=O)N(C)C4CCN(C(=C)c5c(C)cc(-c6cn(C)c(=O)c7cnccc67)cc5OC)CC4)CC3)cc2)C(=C)N1. The number of ether oxygens (including phenoxy) is 1. The molecule has 2 aromatic heterocycles. The maximum atomic E-state index is 13.7. The summed E-state index contributed by atoms with van der Waals surface area (Å²) in [5, 5.41) is 8.32. The van der Waals surface area contributed by atoms with Crippen LogP contribution in [0.2, 0.25) is 0 Å². The van der Waals surface area contributed by atoms with Crippen LogP contribution in [0.3, 0.4) is 0 Å². The summed E-state index contributed by atoms with van der Waals surface area (Å²) in [7, 11) is 5.42. The zero-order valence-electron chi connectivity index (χ0n) is 32.2. The molecule has 4 aromatic rings. The number of nitrogens with one attached hydrogen (secondary N) is 2. The number of piperidine rings is 3. The van der Waals surface area contributed by atoms with Crippen LogP contribution in [0.25, 0.3) is 27.6 Å². The molecule has 3 fully saturated rings. The van der Waals surface area contributed by atoms with Gasteiger partial charge in [-0.3, -0.25) is 9.78 Å². The van der Waals surface area contributed by atoms with Gasteiger partial charge in [0.05, 0.1) is 18.5 Å². The summed E-state index contributed by atoms with van der Waals surface area (Å²) in [6.07, 6.45) is 10.8. The number of likely N-dealkylation sites (tertiary alicyclic amines) is 2. The first-order valence-corrected chi connectivity index (χ1v) is 19.1. The van der Waals surface area contributed by atoms with Crippen LogP contribution in [0.5, 0.6) is 5.75 Å². The maximum Gasteiger partial charge on any atom is 0.319 e. The van der Waals surface area contributed by atoms with Crippen LogP contribution in [-0.2, 0) is 7.05 Å². The molecule has 1 atom stereocenters. The Bertz CT molecular complexity index is 2140. The van der Waals surface area contributed by atoms with Gasteiger partial charge in [0.25, 0.3) is 5.56 Å². The van der Waals surface area contributed by atoms with E-state index in [2.05, 4.69) is 77.5 Å².